The first-order valence-electron chi connectivity index (χ1n) is 13.9. The Hall–Kier alpha value is -0.900. The summed E-state index contributed by atoms with van der Waals surface area (Å²) in [7, 11) is 0. The van der Waals surface area contributed by atoms with Crippen LogP contribution < -0.4 is 0 Å². The van der Waals surface area contributed by atoms with Crippen LogP contribution in [0, 0.1) is 11.3 Å². The predicted octanol–water partition coefficient (Wildman–Crippen LogP) is 4.10. The van der Waals surface area contributed by atoms with E-state index in [-0.39, 0.29) is 86.8 Å². The molecule has 0 aromatic heterocycles. The van der Waals surface area contributed by atoms with E-state index in [1.165, 1.54) is 12.8 Å². The van der Waals surface area contributed by atoms with Crippen LogP contribution in [0.2, 0.25) is 0 Å². The van der Waals surface area contributed by atoms with Crippen molar-refractivity contribution in [1.29, 1.82) is 0 Å². The largest absolute Gasteiger partial charge is 0.465 e. The van der Waals surface area contributed by atoms with Crippen molar-refractivity contribution in [3.8, 4) is 0 Å². The van der Waals surface area contributed by atoms with Crippen molar-refractivity contribution in [2.24, 2.45) is 11.3 Å². The molecule has 1 unspecified atom stereocenters. The summed E-state index contributed by atoms with van der Waals surface area (Å²) in [5.74, 6) is -0.472. The van der Waals surface area contributed by atoms with E-state index in [0.29, 0.717) is 12.5 Å². The Morgan fingerprint density at radius 3 is 1.19 bits per heavy atom. The highest BCUT2D eigenvalue weighted by molar-refractivity contribution is 7.81. The lowest BCUT2D eigenvalue weighted by molar-refractivity contribution is -0.170. The van der Waals surface area contributed by atoms with Crippen LogP contribution in [-0.2, 0) is 47.7 Å². The SMILES string of the molecule is CCCCC(CC)COC(=O)CS.O=C(CCS)OCC(COC(=O)CCS)(COC(=O)CCS)COC(=O)CCS. The van der Waals surface area contributed by atoms with Gasteiger partial charge in [0.05, 0.1) is 38.0 Å². The lowest BCUT2D eigenvalue weighted by Gasteiger charge is -2.31. The van der Waals surface area contributed by atoms with E-state index < -0.39 is 29.3 Å². The molecule has 0 amide bonds. The molecule has 0 bridgehead atoms. The highest BCUT2D eigenvalue weighted by atomic mass is 32.1. The molecule has 0 fully saturated rings. The van der Waals surface area contributed by atoms with E-state index in [1.54, 1.807) is 0 Å². The van der Waals surface area contributed by atoms with Gasteiger partial charge >= 0.3 is 29.8 Å². The second-order valence-corrected chi connectivity index (χ2v) is 11.4. The van der Waals surface area contributed by atoms with Crippen LogP contribution in [0.1, 0.15) is 65.2 Å². The molecule has 0 saturated heterocycles. The molecule has 0 aromatic carbocycles. The molecule has 0 aliphatic carbocycles. The van der Waals surface area contributed by atoms with Crippen LogP contribution in [0.25, 0.3) is 0 Å². The molecule has 10 nitrogen and oxygen atoms in total. The molecule has 0 saturated carbocycles. The smallest absolute Gasteiger partial charge is 0.315 e. The van der Waals surface area contributed by atoms with Gasteiger partial charge in [0.1, 0.15) is 31.8 Å². The standard InChI is InChI=1S/C17H28O8S4.C10H20O2S/c18-13(1-5-26)22-9-17(10-23-14(19)2-6-27,11-24-15(20)3-7-28)12-25-16(21)4-8-29;1-3-5-6-9(4-2)7-12-10(11)8-13/h26-29H,1-12H2;9,13H,3-8H2,1-2H3. The van der Waals surface area contributed by atoms with Crippen LogP contribution in [-0.4, -0.2) is 91.6 Å². The third-order valence-corrected chi connectivity index (χ3v) is 6.73. The Bertz CT molecular complexity index is 676. The Kier molecular flexibility index (Phi) is 29.7. The second kappa shape index (κ2) is 28.8. The molecule has 0 radical (unpaired) electrons. The Labute approximate surface area is 277 Å². The van der Waals surface area contributed by atoms with Crippen LogP contribution in [0.5, 0.6) is 0 Å². The number of rotatable bonds is 23. The van der Waals surface area contributed by atoms with Gasteiger partial charge in [0.25, 0.3) is 0 Å². The minimum atomic E-state index is -1.25. The highest BCUT2D eigenvalue weighted by Gasteiger charge is 2.37. The van der Waals surface area contributed by atoms with Crippen LogP contribution in [0.4, 0.5) is 0 Å². The lowest BCUT2D eigenvalue weighted by atomic mass is 9.92. The van der Waals surface area contributed by atoms with Gasteiger partial charge in [-0.1, -0.05) is 33.1 Å². The van der Waals surface area contributed by atoms with Gasteiger partial charge in [0.15, 0.2) is 0 Å². The first-order valence-corrected chi connectivity index (χ1v) is 17.0. The zero-order chi connectivity index (χ0) is 32.2. The molecule has 42 heavy (non-hydrogen) atoms. The number of ether oxygens (including phenoxy) is 5. The monoisotopic (exact) mass is 692 g/mol. The Morgan fingerprint density at radius 1 is 0.571 bits per heavy atom. The average molecular weight is 693 g/mol. The number of carbonyl (C=O) groups excluding carboxylic acids is 5. The van der Waals surface area contributed by atoms with E-state index in [1.807, 2.05) is 0 Å². The van der Waals surface area contributed by atoms with Gasteiger partial charge in [0.2, 0.25) is 0 Å². The zero-order valence-corrected chi connectivity index (χ0v) is 29.1. The first-order chi connectivity index (χ1) is 20.1. The molecule has 0 aliphatic rings. The Balaban J connectivity index is 0. The zero-order valence-electron chi connectivity index (χ0n) is 24.6. The van der Waals surface area contributed by atoms with Crippen molar-refractivity contribution in [1.82, 2.24) is 0 Å². The summed E-state index contributed by atoms with van der Waals surface area (Å²) < 4.78 is 25.9. The molecular formula is C27H48O10S5. The lowest BCUT2D eigenvalue weighted by Crippen LogP contribution is -2.44. The molecule has 0 N–H and O–H groups in total. The van der Waals surface area contributed by atoms with Gasteiger partial charge < -0.3 is 23.7 Å². The van der Waals surface area contributed by atoms with E-state index in [9.17, 15) is 24.0 Å². The number of carbonyl (C=O) groups is 5. The molecule has 0 aromatic rings. The maximum Gasteiger partial charge on any atom is 0.315 e. The normalized spacial score (nSPS) is 11.4. The highest BCUT2D eigenvalue weighted by Crippen LogP contribution is 2.22. The summed E-state index contributed by atoms with van der Waals surface area (Å²) in [5.41, 5.74) is -1.25. The third-order valence-electron chi connectivity index (χ3n) is 5.57. The number of unbranched alkanes of at least 4 members (excludes halogenated alkanes) is 1. The van der Waals surface area contributed by atoms with Gasteiger partial charge in [-0.25, -0.2) is 0 Å². The van der Waals surface area contributed by atoms with Gasteiger partial charge in [0, 0.05) is 23.0 Å². The quantitative estimate of drug-likeness (QED) is 0.0606. The average Bonchev–Trinajstić information content (AvgIpc) is 2.97. The molecule has 1 atom stereocenters. The van der Waals surface area contributed by atoms with Gasteiger partial charge in [-0.3, -0.25) is 24.0 Å². The van der Waals surface area contributed by atoms with Crippen LogP contribution >= 0.6 is 63.1 Å². The molecule has 0 spiro atoms. The van der Waals surface area contributed by atoms with Crippen LogP contribution in [0.3, 0.4) is 0 Å². The number of hydrogen-bond acceptors (Lipinski definition) is 15. The minimum Gasteiger partial charge on any atom is -0.465 e. The minimum absolute atomic E-state index is 0.0670. The molecule has 246 valence electrons. The Morgan fingerprint density at radius 2 is 0.929 bits per heavy atom. The number of esters is 5. The molecule has 0 rings (SSSR count). The van der Waals surface area contributed by atoms with Gasteiger partial charge in [-0.15, -0.1) is 0 Å². The summed E-state index contributed by atoms with van der Waals surface area (Å²) in [5, 5.41) is 0. The predicted molar refractivity (Wildman–Crippen MR) is 178 cm³/mol. The van der Waals surface area contributed by atoms with E-state index >= 15 is 0 Å². The second-order valence-electron chi connectivity index (χ2n) is 9.29. The molecule has 15 heteroatoms. The van der Waals surface area contributed by atoms with Crippen molar-refractivity contribution in [3.63, 3.8) is 0 Å². The fraction of sp³-hybridized carbons (Fsp3) is 0.815. The van der Waals surface area contributed by atoms with Crippen molar-refractivity contribution in [2.45, 2.75) is 65.2 Å². The summed E-state index contributed by atoms with van der Waals surface area (Å²) in [4.78, 5) is 58.0. The van der Waals surface area contributed by atoms with Crippen molar-refractivity contribution >= 4 is 93.0 Å². The molecule has 0 aliphatic heterocycles. The maximum absolute atomic E-state index is 11.8. The first kappa shape index (κ1) is 43.2. The van der Waals surface area contributed by atoms with E-state index in [2.05, 4.69) is 77.0 Å². The van der Waals surface area contributed by atoms with E-state index in [0.717, 1.165) is 12.8 Å². The van der Waals surface area contributed by atoms with Gasteiger partial charge in [-0.05, 0) is 12.3 Å². The summed E-state index contributed by atoms with van der Waals surface area (Å²) in [6.07, 6.45) is 4.94. The van der Waals surface area contributed by atoms with Crippen molar-refractivity contribution in [2.75, 3.05) is 61.8 Å². The van der Waals surface area contributed by atoms with Crippen molar-refractivity contribution in [3.05, 3.63) is 0 Å². The third kappa shape index (κ3) is 24.5. The van der Waals surface area contributed by atoms with Crippen LogP contribution in [0.15, 0.2) is 0 Å². The topological polar surface area (TPSA) is 132 Å². The summed E-state index contributed by atoms with van der Waals surface area (Å²) in [6.45, 7) is 3.75. The van der Waals surface area contributed by atoms with Crippen molar-refractivity contribution < 1.29 is 47.7 Å². The van der Waals surface area contributed by atoms with Gasteiger partial charge in [-0.2, -0.15) is 63.1 Å². The van der Waals surface area contributed by atoms with E-state index in [4.69, 9.17) is 23.7 Å². The summed E-state index contributed by atoms with van der Waals surface area (Å²) in [6, 6.07) is 0. The number of hydrogen-bond donors (Lipinski definition) is 5. The fourth-order valence-electron chi connectivity index (χ4n) is 2.99. The molecular weight excluding hydrogens is 645 g/mol. The summed E-state index contributed by atoms with van der Waals surface area (Å²) >= 11 is 19.7. The fourth-order valence-corrected chi connectivity index (χ4v) is 3.81. The number of thiol groups is 5. The molecule has 0 heterocycles. The maximum atomic E-state index is 11.8.